The van der Waals surface area contributed by atoms with Crippen LogP contribution >= 0.6 is 0 Å². The van der Waals surface area contributed by atoms with E-state index in [4.69, 9.17) is 5.73 Å². The number of rotatable bonds is 3. The Kier molecular flexibility index (Phi) is 4.00. The first-order chi connectivity index (χ1) is 8.22. The van der Waals surface area contributed by atoms with Gasteiger partial charge in [0.25, 0.3) is 0 Å². The summed E-state index contributed by atoms with van der Waals surface area (Å²) in [7, 11) is 0. The summed E-state index contributed by atoms with van der Waals surface area (Å²) in [6, 6.07) is 4.65. The molecule has 0 bridgehead atoms. The molecule has 1 fully saturated rings. The summed E-state index contributed by atoms with van der Waals surface area (Å²) in [6.45, 7) is 6.74. The topological polar surface area (TPSA) is 42.1 Å². The van der Waals surface area contributed by atoms with E-state index in [1.807, 2.05) is 6.07 Å². The van der Waals surface area contributed by atoms with E-state index in [1.54, 1.807) is 0 Å². The van der Waals surface area contributed by atoms with E-state index in [1.165, 1.54) is 44.3 Å². The summed E-state index contributed by atoms with van der Waals surface area (Å²) in [5.74, 6) is 0.629. The average molecular weight is 233 g/mol. The molecule has 0 radical (unpaired) electrons. The second-order valence-corrected chi connectivity index (χ2v) is 4.96. The molecule has 0 aliphatic carbocycles. The molecule has 0 amide bonds. The number of likely N-dealkylation sites (tertiary alicyclic amines) is 1. The number of hydrogen-bond donors (Lipinski definition) is 1. The number of nitrogens with two attached hydrogens (primary N) is 1. The second-order valence-electron chi connectivity index (χ2n) is 4.96. The van der Waals surface area contributed by atoms with Crippen molar-refractivity contribution in [2.24, 2.45) is 0 Å². The molecule has 0 saturated carbocycles. The van der Waals surface area contributed by atoms with Gasteiger partial charge in [-0.1, -0.05) is 19.4 Å². The molecule has 3 heteroatoms. The lowest BCUT2D eigenvalue weighted by atomic mass is 9.94. The van der Waals surface area contributed by atoms with E-state index >= 15 is 0 Å². The zero-order valence-electron chi connectivity index (χ0n) is 10.9. The zero-order chi connectivity index (χ0) is 12.3. The zero-order valence-corrected chi connectivity index (χ0v) is 10.9. The first kappa shape index (κ1) is 12.4. The molecule has 17 heavy (non-hydrogen) atoms. The summed E-state index contributed by atoms with van der Waals surface area (Å²) in [5.41, 5.74) is 8.19. The lowest BCUT2D eigenvalue weighted by Crippen LogP contribution is -2.34. The van der Waals surface area contributed by atoms with Gasteiger partial charge in [0.05, 0.1) is 0 Å². The first-order valence-corrected chi connectivity index (χ1v) is 6.69. The normalized spacial score (nSPS) is 21.6. The Morgan fingerprint density at radius 2 is 2.24 bits per heavy atom. The summed E-state index contributed by atoms with van der Waals surface area (Å²) >= 11 is 0. The van der Waals surface area contributed by atoms with Crippen LogP contribution in [0.3, 0.4) is 0 Å². The maximum atomic E-state index is 5.73. The van der Waals surface area contributed by atoms with Crippen LogP contribution in [0, 0.1) is 6.92 Å². The lowest BCUT2D eigenvalue weighted by molar-refractivity contribution is 0.148. The van der Waals surface area contributed by atoms with Crippen LogP contribution in [-0.2, 0) is 0 Å². The summed E-state index contributed by atoms with van der Waals surface area (Å²) in [4.78, 5) is 7.00. The van der Waals surface area contributed by atoms with Crippen molar-refractivity contribution in [2.75, 3.05) is 18.8 Å². The van der Waals surface area contributed by atoms with Gasteiger partial charge in [-0.05, 0) is 50.9 Å². The molecule has 1 atom stereocenters. The molecule has 0 spiro atoms. The van der Waals surface area contributed by atoms with Crippen molar-refractivity contribution in [2.45, 2.75) is 45.6 Å². The third-order valence-corrected chi connectivity index (χ3v) is 3.63. The van der Waals surface area contributed by atoms with Gasteiger partial charge in [-0.15, -0.1) is 0 Å². The van der Waals surface area contributed by atoms with Crippen molar-refractivity contribution in [1.82, 2.24) is 9.88 Å². The fourth-order valence-corrected chi connectivity index (χ4v) is 2.84. The highest BCUT2D eigenvalue weighted by atomic mass is 15.2. The van der Waals surface area contributed by atoms with Gasteiger partial charge in [-0.25, -0.2) is 4.98 Å². The average Bonchev–Trinajstić information content (AvgIpc) is 2.31. The van der Waals surface area contributed by atoms with Gasteiger partial charge in [0, 0.05) is 11.7 Å². The Hall–Kier alpha value is -1.09. The molecule has 2 heterocycles. The molecule has 2 rings (SSSR count). The van der Waals surface area contributed by atoms with Gasteiger partial charge in [0.1, 0.15) is 5.82 Å². The highest BCUT2D eigenvalue weighted by Crippen LogP contribution is 2.32. The Morgan fingerprint density at radius 3 is 2.94 bits per heavy atom. The van der Waals surface area contributed by atoms with Crippen molar-refractivity contribution in [1.29, 1.82) is 0 Å². The van der Waals surface area contributed by atoms with Crippen molar-refractivity contribution in [3.8, 4) is 0 Å². The van der Waals surface area contributed by atoms with Gasteiger partial charge >= 0.3 is 0 Å². The van der Waals surface area contributed by atoms with Gasteiger partial charge < -0.3 is 5.73 Å². The molecule has 0 aromatic carbocycles. The number of piperidine rings is 1. The fraction of sp³-hybridized carbons (Fsp3) is 0.643. The summed E-state index contributed by atoms with van der Waals surface area (Å²) in [6.07, 6.45) is 5.14. The molecule has 1 aromatic heterocycles. The highest BCUT2D eigenvalue weighted by molar-refractivity contribution is 5.35. The third-order valence-electron chi connectivity index (χ3n) is 3.63. The minimum absolute atomic E-state index is 0.553. The lowest BCUT2D eigenvalue weighted by Gasteiger charge is -2.36. The maximum absolute atomic E-state index is 5.73. The molecule has 3 nitrogen and oxygen atoms in total. The van der Waals surface area contributed by atoms with Crippen LogP contribution in [0.1, 0.15) is 49.9 Å². The Bertz CT molecular complexity index is 374. The fourth-order valence-electron chi connectivity index (χ4n) is 2.84. The number of pyridine rings is 1. The van der Waals surface area contributed by atoms with Crippen LogP contribution < -0.4 is 5.73 Å². The van der Waals surface area contributed by atoms with Crippen LogP contribution in [0.2, 0.25) is 0 Å². The molecule has 1 aliphatic rings. The van der Waals surface area contributed by atoms with Gasteiger partial charge in [0.15, 0.2) is 0 Å². The maximum Gasteiger partial charge on any atom is 0.123 e. The number of nitrogens with zero attached hydrogens (tertiary/aromatic N) is 2. The Balaban J connectivity index is 2.23. The van der Waals surface area contributed by atoms with Crippen LogP contribution in [0.25, 0.3) is 0 Å². The molecule has 1 aliphatic heterocycles. The molecule has 1 aromatic rings. The number of nitrogen functional groups attached to an aromatic ring is 1. The number of aryl methyl sites for hydroxylation is 1. The first-order valence-electron chi connectivity index (χ1n) is 6.69. The number of hydrogen-bond acceptors (Lipinski definition) is 3. The van der Waals surface area contributed by atoms with E-state index in [2.05, 4.69) is 29.8 Å². The molecule has 0 unspecified atom stereocenters. The minimum Gasteiger partial charge on any atom is -0.384 e. The largest absolute Gasteiger partial charge is 0.384 e. The molecular weight excluding hydrogens is 210 g/mol. The quantitative estimate of drug-likeness (QED) is 0.873. The predicted molar refractivity (Wildman–Crippen MR) is 71.8 cm³/mol. The number of aromatic nitrogens is 1. The SMILES string of the molecule is CCCN1CCCC[C@@H]1c1ccc(N)nc1C. The van der Waals surface area contributed by atoms with Gasteiger partial charge in [-0.3, -0.25) is 4.90 Å². The van der Waals surface area contributed by atoms with E-state index in [-0.39, 0.29) is 0 Å². The van der Waals surface area contributed by atoms with E-state index < -0.39 is 0 Å². The van der Waals surface area contributed by atoms with Crippen LogP contribution in [0.4, 0.5) is 5.82 Å². The standard InChI is InChI=1S/C14H23N3/c1-3-9-17-10-5-4-6-13(17)12-7-8-14(15)16-11(12)2/h7-8,13H,3-6,9-10H2,1-2H3,(H2,15,16)/t13-/m1/s1. The van der Waals surface area contributed by atoms with Crippen molar-refractivity contribution >= 4 is 5.82 Å². The van der Waals surface area contributed by atoms with E-state index in [0.29, 0.717) is 11.9 Å². The van der Waals surface area contributed by atoms with Crippen molar-refractivity contribution in [3.63, 3.8) is 0 Å². The smallest absolute Gasteiger partial charge is 0.123 e. The van der Waals surface area contributed by atoms with Crippen LogP contribution in [0.5, 0.6) is 0 Å². The third kappa shape index (κ3) is 2.78. The van der Waals surface area contributed by atoms with Gasteiger partial charge in [0.2, 0.25) is 0 Å². The summed E-state index contributed by atoms with van der Waals surface area (Å²) in [5, 5.41) is 0. The monoisotopic (exact) mass is 233 g/mol. The van der Waals surface area contributed by atoms with Crippen molar-refractivity contribution in [3.05, 3.63) is 23.4 Å². The minimum atomic E-state index is 0.553. The van der Waals surface area contributed by atoms with Crippen LogP contribution in [0.15, 0.2) is 12.1 Å². The van der Waals surface area contributed by atoms with Crippen LogP contribution in [-0.4, -0.2) is 23.0 Å². The summed E-state index contributed by atoms with van der Waals surface area (Å²) < 4.78 is 0. The second kappa shape index (κ2) is 5.50. The number of anilines is 1. The van der Waals surface area contributed by atoms with E-state index in [9.17, 15) is 0 Å². The van der Waals surface area contributed by atoms with E-state index in [0.717, 1.165) is 5.69 Å². The Morgan fingerprint density at radius 1 is 1.41 bits per heavy atom. The predicted octanol–water partition coefficient (Wildman–Crippen LogP) is 2.91. The Labute approximate surface area is 104 Å². The van der Waals surface area contributed by atoms with Crippen molar-refractivity contribution < 1.29 is 0 Å². The highest BCUT2D eigenvalue weighted by Gasteiger charge is 2.24. The van der Waals surface area contributed by atoms with Gasteiger partial charge in [-0.2, -0.15) is 0 Å². The molecule has 94 valence electrons. The molecule has 1 saturated heterocycles. The molecular formula is C14H23N3. The molecule has 2 N–H and O–H groups in total.